The molecule has 0 unspecified atom stereocenters. The van der Waals surface area contributed by atoms with E-state index in [2.05, 4.69) is 43.3 Å². The van der Waals surface area contributed by atoms with Crippen molar-refractivity contribution in [2.24, 2.45) is 11.3 Å². The van der Waals surface area contributed by atoms with E-state index in [1.54, 1.807) is 7.11 Å². The molecule has 1 atom stereocenters. The summed E-state index contributed by atoms with van der Waals surface area (Å²) in [5.74, 6) is -0.478. The molecular formula is C24H36N2O4. The summed E-state index contributed by atoms with van der Waals surface area (Å²) in [5.41, 5.74) is 0.343. The number of hydrogen-bond acceptors (Lipinski definition) is 5. The molecule has 1 saturated heterocycles. The van der Waals surface area contributed by atoms with Gasteiger partial charge in [0.2, 0.25) is 5.91 Å². The first-order chi connectivity index (χ1) is 14.0. The number of carbonyl (C=O) groups excluding carboxylic acids is 2. The Labute approximate surface area is 180 Å². The molecule has 2 fully saturated rings. The van der Waals surface area contributed by atoms with Gasteiger partial charge >= 0.3 is 6.09 Å². The van der Waals surface area contributed by atoms with E-state index in [0.717, 1.165) is 25.7 Å². The van der Waals surface area contributed by atoms with Gasteiger partial charge in [-0.05, 0) is 66.1 Å². The van der Waals surface area contributed by atoms with Crippen LogP contribution in [-0.4, -0.2) is 61.8 Å². The number of benzene rings is 1. The number of hydrogen-bond donors (Lipinski definition) is 0. The Morgan fingerprint density at radius 1 is 1.13 bits per heavy atom. The van der Waals surface area contributed by atoms with Gasteiger partial charge in [0.1, 0.15) is 5.60 Å². The Bertz CT molecular complexity index is 761. The Morgan fingerprint density at radius 2 is 1.73 bits per heavy atom. The zero-order valence-electron chi connectivity index (χ0n) is 19.2. The van der Waals surface area contributed by atoms with E-state index in [4.69, 9.17) is 9.47 Å². The molecule has 0 N–H and O–H groups in total. The first-order valence-corrected chi connectivity index (χ1v) is 10.8. The molecule has 1 aromatic rings. The smallest absolute Gasteiger partial charge is 0.417 e. The van der Waals surface area contributed by atoms with E-state index in [1.165, 1.54) is 10.5 Å². The Morgan fingerprint density at radius 3 is 2.23 bits per heavy atom. The lowest BCUT2D eigenvalue weighted by atomic mass is 9.61. The molecule has 6 heteroatoms. The van der Waals surface area contributed by atoms with Gasteiger partial charge in [-0.2, -0.15) is 0 Å². The topological polar surface area (TPSA) is 59.1 Å². The molecule has 6 nitrogen and oxygen atoms in total. The second kappa shape index (κ2) is 8.31. The van der Waals surface area contributed by atoms with Crippen LogP contribution in [0.4, 0.5) is 4.79 Å². The summed E-state index contributed by atoms with van der Waals surface area (Å²) in [6.45, 7) is 6.20. The van der Waals surface area contributed by atoms with Gasteiger partial charge < -0.3 is 9.47 Å². The van der Waals surface area contributed by atoms with Gasteiger partial charge in [0.15, 0.2) is 0 Å². The summed E-state index contributed by atoms with van der Waals surface area (Å²) in [6.07, 6.45) is 3.04. The van der Waals surface area contributed by atoms with Crippen molar-refractivity contribution >= 4 is 12.0 Å². The Kier molecular flexibility index (Phi) is 6.30. The van der Waals surface area contributed by atoms with Crippen LogP contribution in [0.15, 0.2) is 30.3 Å². The number of carbonyl (C=O) groups is 2. The van der Waals surface area contributed by atoms with Gasteiger partial charge in [0.25, 0.3) is 0 Å². The molecule has 1 aliphatic heterocycles. The van der Waals surface area contributed by atoms with Gasteiger partial charge in [0, 0.05) is 24.6 Å². The minimum absolute atomic E-state index is 0.0630. The van der Waals surface area contributed by atoms with Crippen molar-refractivity contribution in [1.29, 1.82) is 0 Å². The van der Waals surface area contributed by atoms with Gasteiger partial charge in [-0.15, -0.1) is 0 Å². The highest BCUT2D eigenvalue weighted by atomic mass is 16.6. The molecule has 0 aromatic heterocycles. The molecule has 3 rings (SSSR count). The standard InChI is InChI=1S/C24H36N2O4/c1-22(2,3)30-21(28)26-17-23(19(16-29-6)20(26)27)12-14-24(15-13-23,25(4)5)18-10-8-7-9-11-18/h7-11,19H,12-17H2,1-6H3/t19-,23?,24?/m0/s1. The van der Waals surface area contributed by atoms with Crippen molar-refractivity contribution < 1.29 is 19.1 Å². The van der Waals surface area contributed by atoms with E-state index >= 15 is 0 Å². The van der Waals surface area contributed by atoms with E-state index in [1.807, 2.05) is 26.8 Å². The molecule has 2 aliphatic rings. The van der Waals surface area contributed by atoms with Crippen LogP contribution in [0.3, 0.4) is 0 Å². The fourth-order valence-corrected chi connectivity index (χ4v) is 5.25. The van der Waals surface area contributed by atoms with Crippen molar-refractivity contribution in [3.05, 3.63) is 35.9 Å². The van der Waals surface area contributed by atoms with Crippen LogP contribution < -0.4 is 0 Å². The van der Waals surface area contributed by atoms with Gasteiger partial charge in [-0.1, -0.05) is 30.3 Å². The number of imide groups is 1. The Balaban J connectivity index is 1.86. The van der Waals surface area contributed by atoms with Crippen LogP contribution in [0.5, 0.6) is 0 Å². The summed E-state index contributed by atoms with van der Waals surface area (Å²) in [7, 11) is 5.88. The molecule has 0 radical (unpaired) electrons. The highest BCUT2D eigenvalue weighted by Crippen LogP contribution is 2.54. The van der Waals surface area contributed by atoms with E-state index in [9.17, 15) is 9.59 Å². The van der Waals surface area contributed by atoms with Gasteiger partial charge in [-0.3, -0.25) is 9.69 Å². The average molecular weight is 417 g/mol. The Hall–Kier alpha value is -1.92. The zero-order chi connectivity index (χ0) is 22.2. The van der Waals surface area contributed by atoms with Crippen molar-refractivity contribution in [2.75, 3.05) is 34.4 Å². The van der Waals surface area contributed by atoms with Gasteiger partial charge in [-0.25, -0.2) is 9.69 Å². The van der Waals surface area contributed by atoms with Crippen LogP contribution in [0.2, 0.25) is 0 Å². The predicted octanol–water partition coefficient (Wildman–Crippen LogP) is 4.04. The maximum atomic E-state index is 13.2. The maximum absolute atomic E-state index is 13.2. The zero-order valence-corrected chi connectivity index (χ0v) is 19.2. The highest BCUT2D eigenvalue weighted by Gasteiger charge is 2.57. The molecule has 2 amide bonds. The molecular weight excluding hydrogens is 380 g/mol. The summed E-state index contributed by atoms with van der Waals surface area (Å²) in [6, 6.07) is 10.6. The lowest BCUT2D eigenvalue weighted by molar-refractivity contribution is -0.133. The van der Waals surface area contributed by atoms with Crippen molar-refractivity contribution in [3.8, 4) is 0 Å². The fourth-order valence-electron chi connectivity index (χ4n) is 5.25. The molecule has 1 heterocycles. The third-order valence-corrected chi connectivity index (χ3v) is 6.96. The van der Waals surface area contributed by atoms with Crippen LogP contribution in [-0.2, 0) is 19.8 Å². The van der Waals surface area contributed by atoms with Crippen molar-refractivity contribution in [3.63, 3.8) is 0 Å². The molecule has 1 spiro atoms. The third-order valence-electron chi connectivity index (χ3n) is 6.96. The number of likely N-dealkylation sites (tertiary alicyclic amines) is 1. The average Bonchev–Trinajstić information content (AvgIpc) is 2.95. The molecule has 1 saturated carbocycles. The number of ether oxygens (including phenoxy) is 2. The van der Waals surface area contributed by atoms with E-state index < -0.39 is 11.7 Å². The molecule has 30 heavy (non-hydrogen) atoms. The van der Waals surface area contributed by atoms with Crippen LogP contribution >= 0.6 is 0 Å². The number of nitrogens with zero attached hydrogens (tertiary/aromatic N) is 2. The quantitative estimate of drug-likeness (QED) is 0.741. The maximum Gasteiger partial charge on any atom is 0.417 e. The summed E-state index contributed by atoms with van der Waals surface area (Å²) < 4.78 is 10.9. The summed E-state index contributed by atoms with van der Waals surface area (Å²) in [5, 5.41) is 0. The third kappa shape index (κ3) is 4.12. The van der Waals surface area contributed by atoms with Crippen molar-refractivity contribution in [2.45, 2.75) is 57.6 Å². The number of rotatable bonds is 4. The summed E-state index contributed by atoms with van der Waals surface area (Å²) in [4.78, 5) is 29.6. The molecule has 1 aromatic carbocycles. The first-order valence-electron chi connectivity index (χ1n) is 10.8. The fraction of sp³-hybridized carbons (Fsp3) is 0.667. The molecule has 0 bridgehead atoms. The predicted molar refractivity (Wildman–Crippen MR) is 116 cm³/mol. The molecule has 1 aliphatic carbocycles. The summed E-state index contributed by atoms with van der Waals surface area (Å²) >= 11 is 0. The normalized spacial score (nSPS) is 29.6. The van der Waals surface area contributed by atoms with E-state index in [-0.39, 0.29) is 22.8 Å². The van der Waals surface area contributed by atoms with Crippen molar-refractivity contribution in [1.82, 2.24) is 9.80 Å². The first kappa shape index (κ1) is 22.8. The SMILES string of the molecule is COC[C@H]1C(=O)N(C(=O)OC(C)(C)C)CC12CCC(c1ccccc1)(N(C)C)CC2. The molecule has 166 valence electrons. The lowest BCUT2D eigenvalue weighted by Gasteiger charge is -2.50. The number of methoxy groups -OCH3 is 1. The highest BCUT2D eigenvalue weighted by molar-refractivity contribution is 5.96. The second-order valence-corrected chi connectivity index (χ2v) is 10.1. The van der Waals surface area contributed by atoms with Crippen LogP contribution in [0.25, 0.3) is 0 Å². The minimum atomic E-state index is -0.635. The van der Waals surface area contributed by atoms with Gasteiger partial charge in [0.05, 0.1) is 12.5 Å². The number of amides is 2. The monoisotopic (exact) mass is 416 g/mol. The van der Waals surface area contributed by atoms with E-state index in [0.29, 0.717) is 13.2 Å². The van der Waals surface area contributed by atoms with Crippen LogP contribution in [0, 0.1) is 11.3 Å². The largest absolute Gasteiger partial charge is 0.443 e. The van der Waals surface area contributed by atoms with Crippen LogP contribution in [0.1, 0.15) is 52.0 Å². The lowest BCUT2D eigenvalue weighted by Crippen LogP contribution is -2.49. The minimum Gasteiger partial charge on any atom is -0.443 e. The second-order valence-electron chi connectivity index (χ2n) is 10.1.